The molecule has 102 valence electrons. The molecule has 0 fully saturated rings. The molecule has 4 aromatic heterocycles. The van der Waals surface area contributed by atoms with Crippen LogP contribution >= 0.6 is 11.8 Å². The van der Waals surface area contributed by atoms with Crippen LogP contribution in [0.1, 0.15) is 0 Å². The molecule has 0 aromatic carbocycles. The lowest BCUT2D eigenvalue weighted by Crippen LogP contribution is -2.07. The lowest BCUT2D eigenvalue weighted by Gasteiger charge is -2.01. The molecule has 4 aromatic rings. The molecule has 0 atom stereocenters. The van der Waals surface area contributed by atoms with Gasteiger partial charge in [-0.2, -0.15) is 0 Å². The number of pyridine rings is 1. The maximum Gasteiger partial charge on any atom is 0.261 e. The Labute approximate surface area is 121 Å². The van der Waals surface area contributed by atoms with Crippen LogP contribution in [0.5, 0.6) is 0 Å². The van der Waals surface area contributed by atoms with Crippen LogP contribution in [-0.4, -0.2) is 29.9 Å². The van der Waals surface area contributed by atoms with Crippen LogP contribution in [0.3, 0.4) is 0 Å². The van der Waals surface area contributed by atoms with E-state index in [9.17, 15) is 4.79 Å². The minimum atomic E-state index is -0.169. The average Bonchev–Trinajstić information content (AvgIpc) is 2.96. The van der Waals surface area contributed by atoms with E-state index in [-0.39, 0.29) is 5.56 Å². The van der Waals surface area contributed by atoms with Gasteiger partial charge in [-0.05, 0) is 23.9 Å². The first-order valence-electron chi connectivity index (χ1n) is 6.12. The van der Waals surface area contributed by atoms with Gasteiger partial charge in [-0.1, -0.05) is 0 Å². The Morgan fingerprint density at radius 1 is 1.14 bits per heavy atom. The number of H-pyrrole nitrogens is 2. The average molecular weight is 296 g/mol. The summed E-state index contributed by atoms with van der Waals surface area (Å²) in [6.07, 6.45) is 6.58. The lowest BCUT2D eigenvalue weighted by atomic mass is 10.4. The first kappa shape index (κ1) is 12.0. The molecule has 7 nitrogen and oxygen atoms in total. The Balaban J connectivity index is 1.76. The van der Waals surface area contributed by atoms with E-state index < -0.39 is 0 Å². The third-order valence-corrected chi connectivity index (χ3v) is 3.76. The summed E-state index contributed by atoms with van der Waals surface area (Å²) < 4.78 is 0. The van der Waals surface area contributed by atoms with Crippen molar-refractivity contribution in [3.8, 4) is 0 Å². The largest absolute Gasteiger partial charge is 0.346 e. The van der Waals surface area contributed by atoms with E-state index in [1.54, 1.807) is 30.9 Å². The first-order valence-corrected chi connectivity index (χ1v) is 6.93. The van der Waals surface area contributed by atoms with E-state index in [2.05, 4.69) is 29.9 Å². The highest BCUT2D eigenvalue weighted by Gasteiger charge is 2.07. The molecule has 4 heterocycles. The number of rotatable bonds is 2. The number of hydrogen-bond acceptors (Lipinski definition) is 6. The van der Waals surface area contributed by atoms with Crippen LogP contribution in [0.2, 0.25) is 0 Å². The molecule has 2 N–H and O–H groups in total. The molecule has 0 radical (unpaired) electrons. The van der Waals surface area contributed by atoms with Crippen molar-refractivity contribution < 1.29 is 0 Å². The summed E-state index contributed by atoms with van der Waals surface area (Å²) in [4.78, 5) is 35.3. The zero-order chi connectivity index (χ0) is 14.2. The molecule has 0 amide bonds. The molecule has 4 rings (SSSR count). The molecule has 0 aliphatic heterocycles. The number of nitrogens with one attached hydrogen (secondary N) is 2. The number of aromatic nitrogens is 6. The standard InChI is InChI=1S/C13H8N6OS/c20-12-8-1-2-15-10(8)18-13(19-12)21-7-5-9-11(17-6-7)16-4-3-14-9/h1-6H,(H2,15,18,19,20). The van der Waals surface area contributed by atoms with E-state index in [1.165, 1.54) is 11.8 Å². The second-order valence-corrected chi connectivity index (χ2v) is 5.35. The van der Waals surface area contributed by atoms with Crippen LogP contribution in [0, 0.1) is 0 Å². The van der Waals surface area contributed by atoms with E-state index in [0.717, 1.165) is 4.90 Å². The third kappa shape index (κ3) is 2.15. The van der Waals surface area contributed by atoms with E-state index in [4.69, 9.17) is 0 Å². The van der Waals surface area contributed by atoms with Crippen molar-refractivity contribution >= 4 is 34.0 Å². The van der Waals surface area contributed by atoms with Gasteiger partial charge in [-0.15, -0.1) is 0 Å². The number of hydrogen-bond donors (Lipinski definition) is 2. The normalized spacial score (nSPS) is 11.2. The Kier molecular flexibility index (Phi) is 2.68. The van der Waals surface area contributed by atoms with Crippen molar-refractivity contribution in [2.45, 2.75) is 10.1 Å². The highest BCUT2D eigenvalue weighted by Crippen LogP contribution is 2.25. The van der Waals surface area contributed by atoms with Crippen LogP contribution in [0.15, 0.2) is 51.8 Å². The highest BCUT2D eigenvalue weighted by molar-refractivity contribution is 7.99. The fourth-order valence-electron chi connectivity index (χ4n) is 1.99. The zero-order valence-corrected chi connectivity index (χ0v) is 11.4. The summed E-state index contributed by atoms with van der Waals surface area (Å²) in [6.45, 7) is 0. The van der Waals surface area contributed by atoms with Crippen molar-refractivity contribution in [3.05, 3.63) is 47.3 Å². The van der Waals surface area contributed by atoms with Crippen LogP contribution in [-0.2, 0) is 0 Å². The highest BCUT2D eigenvalue weighted by atomic mass is 32.2. The predicted octanol–water partition coefficient (Wildman–Crippen LogP) is 1.74. The Morgan fingerprint density at radius 3 is 3.00 bits per heavy atom. The second-order valence-electron chi connectivity index (χ2n) is 4.28. The summed E-state index contributed by atoms with van der Waals surface area (Å²) in [7, 11) is 0. The molecule has 0 saturated carbocycles. The van der Waals surface area contributed by atoms with Gasteiger partial charge in [-0.3, -0.25) is 9.78 Å². The third-order valence-electron chi connectivity index (χ3n) is 2.92. The van der Waals surface area contributed by atoms with Gasteiger partial charge in [-0.25, -0.2) is 15.0 Å². The second kappa shape index (κ2) is 4.67. The fourth-order valence-corrected chi connectivity index (χ4v) is 2.77. The Morgan fingerprint density at radius 2 is 2.05 bits per heavy atom. The minimum absolute atomic E-state index is 0.169. The molecule has 0 aliphatic rings. The van der Waals surface area contributed by atoms with E-state index >= 15 is 0 Å². The minimum Gasteiger partial charge on any atom is -0.346 e. The van der Waals surface area contributed by atoms with Gasteiger partial charge in [0.2, 0.25) is 0 Å². The van der Waals surface area contributed by atoms with E-state index in [1.807, 2.05) is 6.07 Å². The number of aromatic amines is 2. The smallest absolute Gasteiger partial charge is 0.261 e. The predicted molar refractivity (Wildman–Crippen MR) is 78.2 cm³/mol. The molecule has 0 saturated heterocycles. The molecule has 0 aliphatic carbocycles. The van der Waals surface area contributed by atoms with Crippen molar-refractivity contribution in [1.82, 2.24) is 29.9 Å². The molecule has 0 bridgehead atoms. The number of nitrogens with zero attached hydrogens (tertiary/aromatic N) is 4. The van der Waals surface area contributed by atoms with Crippen molar-refractivity contribution in [2.24, 2.45) is 0 Å². The van der Waals surface area contributed by atoms with Crippen LogP contribution < -0.4 is 5.56 Å². The molecular formula is C13H8N6OS. The van der Waals surface area contributed by atoms with Crippen molar-refractivity contribution in [1.29, 1.82) is 0 Å². The molecule has 0 unspecified atom stereocenters. The monoisotopic (exact) mass is 296 g/mol. The maximum absolute atomic E-state index is 11.9. The van der Waals surface area contributed by atoms with E-state index in [0.29, 0.717) is 27.4 Å². The molecule has 8 heteroatoms. The summed E-state index contributed by atoms with van der Waals surface area (Å²) >= 11 is 1.32. The molecular weight excluding hydrogens is 288 g/mol. The number of fused-ring (bicyclic) bond motifs is 2. The van der Waals surface area contributed by atoms with Gasteiger partial charge in [0.05, 0.1) is 5.39 Å². The Bertz CT molecular complexity index is 1010. The van der Waals surface area contributed by atoms with Crippen molar-refractivity contribution in [2.75, 3.05) is 0 Å². The lowest BCUT2D eigenvalue weighted by molar-refractivity contribution is 0.966. The quantitative estimate of drug-likeness (QED) is 0.546. The van der Waals surface area contributed by atoms with Gasteiger partial charge in [0, 0.05) is 29.7 Å². The molecule has 0 spiro atoms. The van der Waals surface area contributed by atoms with Gasteiger partial charge in [0.25, 0.3) is 5.56 Å². The fraction of sp³-hybridized carbons (Fsp3) is 0. The summed E-state index contributed by atoms with van der Waals surface area (Å²) in [5.41, 5.74) is 1.68. The summed E-state index contributed by atoms with van der Waals surface area (Å²) in [6, 6.07) is 3.56. The van der Waals surface area contributed by atoms with Crippen LogP contribution in [0.4, 0.5) is 0 Å². The van der Waals surface area contributed by atoms with Gasteiger partial charge >= 0.3 is 0 Å². The molecule has 21 heavy (non-hydrogen) atoms. The van der Waals surface area contributed by atoms with Gasteiger partial charge in [0.1, 0.15) is 11.2 Å². The van der Waals surface area contributed by atoms with Crippen molar-refractivity contribution in [3.63, 3.8) is 0 Å². The summed E-state index contributed by atoms with van der Waals surface area (Å²) in [5.74, 6) is 0. The topological polar surface area (TPSA) is 100 Å². The Hall–Kier alpha value is -2.74. The van der Waals surface area contributed by atoms with Gasteiger partial charge in [0.15, 0.2) is 10.8 Å². The summed E-state index contributed by atoms with van der Waals surface area (Å²) in [5, 5.41) is 1.04. The zero-order valence-electron chi connectivity index (χ0n) is 10.6. The maximum atomic E-state index is 11.9. The first-order chi connectivity index (χ1) is 10.3. The van der Waals surface area contributed by atoms with Gasteiger partial charge < -0.3 is 9.97 Å². The van der Waals surface area contributed by atoms with Crippen LogP contribution in [0.25, 0.3) is 22.2 Å². The SMILES string of the molecule is O=c1[nH]c(Sc2cnc3nccnc3c2)nc2[nH]ccc12.